The number of allylic oxidation sites excluding steroid dienone is 1. The summed E-state index contributed by atoms with van der Waals surface area (Å²) in [7, 11) is 0. The van der Waals surface area contributed by atoms with Gasteiger partial charge in [-0.3, -0.25) is 0 Å². The number of ether oxygens (including phenoxy) is 2. The van der Waals surface area contributed by atoms with E-state index in [2.05, 4.69) is 5.92 Å². The van der Waals surface area contributed by atoms with Gasteiger partial charge in [0.25, 0.3) is 0 Å². The van der Waals surface area contributed by atoms with Crippen LogP contribution >= 0.6 is 0 Å². The first kappa shape index (κ1) is 21.5. The number of carboxylic acid groups (broad SMARTS) is 1. The van der Waals surface area contributed by atoms with Crippen LogP contribution in [0.5, 0.6) is 0 Å². The first-order chi connectivity index (χ1) is 12.1. The van der Waals surface area contributed by atoms with Gasteiger partial charge < -0.3 is 19.7 Å². The van der Waals surface area contributed by atoms with E-state index in [4.69, 9.17) is 14.6 Å². The van der Waals surface area contributed by atoms with Crippen LogP contribution in [0, 0.1) is 17.3 Å². The van der Waals surface area contributed by atoms with E-state index in [0.29, 0.717) is 0 Å². The molecule has 0 aromatic carbocycles. The van der Waals surface area contributed by atoms with Gasteiger partial charge in [0.1, 0.15) is 5.57 Å². The quantitative estimate of drug-likeness (QED) is 0.410. The minimum atomic E-state index is -4.94. The van der Waals surface area contributed by atoms with E-state index >= 15 is 0 Å². The topological polar surface area (TPSA) is 76.0 Å². The van der Waals surface area contributed by atoms with Crippen molar-refractivity contribution >= 4 is 5.97 Å². The Hall–Kier alpha value is -1.82. The Morgan fingerprint density at radius 2 is 1.81 bits per heavy atom. The van der Waals surface area contributed by atoms with Crippen molar-refractivity contribution in [3.63, 3.8) is 0 Å². The van der Waals surface area contributed by atoms with E-state index in [9.17, 15) is 23.1 Å². The van der Waals surface area contributed by atoms with Crippen LogP contribution in [-0.4, -0.2) is 46.0 Å². The minimum absolute atomic E-state index is 0.0146. The maximum absolute atomic E-state index is 13.0. The molecule has 1 aliphatic carbocycles. The molecule has 0 saturated carbocycles. The standard InChI is InChI=1S/C19H23F3O5/c1-11-9-17(26-12(2)13(3)27-17)10-16(4,5)18(11,25)7-6-14(8-15(23)24)19(20,21)22/h8-9,12-13,25H,10H2,1-5H3,(H,23,24). The van der Waals surface area contributed by atoms with Crippen LogP contribution in [-0.2, 0) is 14.3 Å². The second-order valence-corrected chi connectivity index (χ2v) is 7.70. The zero-order chi connectivity index (χ0) is 20.8. The molecule has 1 saturated heterocycles. The fourth-order valence-electron chi connectivity index (χ4n) is 3.50. The van der Waals surface area contributed by atoms with Crippen LogP contribution in [0.15, 0.2) is 23.3 Å². The minimum Gasteiger partial charge on any atom is -0.478 e. The monoisotopic (exact) mass is 388 g/mol. The summed E-state index contributed by atoms with van der Waals surface area (Å²) < 4.78 is 50.8. The summed E-state index contributed by atoms with van der Waals surface area (Å²) in [4.78, 5) is 10.7. The Bertz CT molecular complexity index is 744. The van der Waals surface area contributed by atoms with Crippen LogP contribution in [0.2, 0.25) is 0 Å². The van der Waals surface area contributed by atoms with E-state index in [1.807, 2.05) is 19.8 Å². The Kier molecular flexibility index (Phi) is 5.30. The van der Waals surface area contributed by atoms with Crippen molar-refractivity contribution in [2.24, 2.45) is 5.41 Å². The van der Waals surface area contributed by atoms with Crippen molar-refractivity contribution in [1.29, 1.82) is 0 Å². The maximum atomic E-state index is 13.0. The molecule has 1 aliphatic heterocycles. The van der Waals surface area contributed by atoms with Gasteiger partial charge in [-0.2, -0.15) is 13.2 Å². The Morgan fingerprint density at radius 3 is 2.22 bits per heavy atom. The second-order valence-electron chi connectivity index (χ2n) is 7.70. The number of carbonyl (C=O) groups is 1. The maximum Gasteiger partial charge on any atom is 0.424 e. The lowest BCUT2D eigenvalue weighted by Gasteiger charge is -2.48. The zero-order valence-electron chi connectivity index (χ0n) is 15.8. The van der Waals surface area contributed by atoms with Crippen LogP contribution in [0.3, 0.4) is 0 Å². The molecule has 0 aromatic rings. The van der Waals surface area contributed by atoms with Crippen LogP contribution in [0.4, 0.5) is 13.2 Å². The lowest BCUT2D eigenvalue weighted by molar-refractivity contribution is -0.182. The second kappa shape index (κ2) is 6.66. The lowest BCUT2D eigenvalue weighted by Crippen LogP contribution is -2.53. The van der Waals surface area contributed by atoms with E-state index < -0.39 is 34.5 Å². The highest BCUT2D eigenvalue weighted by Gasteiger charge is 2.57. The van der Waals surface area contributed by atoms with E-state index in [-0.39, 0.29) is 30.3 Å². The molecule has 27 heavy (non-hydrogen) atoms. The Morgan fingerprint density at radius 1 is 1.30 bits per heavy atom. The van der Waals surface area contributed by atoms with Crippen LogP contribution in [0.1, 0.15) is 41.0 Å². The van der Waals surface area contributed by atoms with Gasteiger partial charge >= 0.3 is 12.1 Å². The summed E-state index contributed by atoms with van der Waals surface area (Å²) in [6.07, 6.45) is -3.61. The summed E-state index contributed by atoms with van der Waals surface area (Å²) in [5, 5.41) is 19.7. The van der Waals surface area contributed by atoms with Crippen molar-refractivity contribution in [1.82, 2.24) is 0 Å². The van der Waals surface area contributed by atoms with Crippen molar-refractivity contribution in [2.75, 3.05) is 0 Å². The number of hydrogen-bond donors (Lipinski definition) is 2. The number of alkyl halides is 3. The highest BCUT2D eigenvalue weighted by atomic mass is 19.4. The fraction of sp³-hybridized carbons (Fsp3) is 0.632. The van der Waals surface area contributed by atoms with Crippen molar-refractivity contribution < 1.29 is 37.7 Å². The Labute approximate surface area is 155 Å². The van der Waals surface area contributed by atoms with E-state index in [1.54, 1.807) is 19.9 Å². The number of rotatable bonds is 1. The number of carboxylic acids is 1. The fourth-order valence-corrected chi connectivity index (χ4v) is 3.50. The van der Waals surface area contributed by atoms with Crippen molar-refractivity contribution in [2.45, 2.75) is 70.8 Å². The molecule has 1 heterocycles. The van der Waals surface area contributed by atoms with Crippen molar-refractivity contribution in [3.8, 4) is 11.8 Å². The molecule has 0 amide bonds. The summed E-state index contributed by atoms with van der Waals surface area (Å²) in [5.41, 5.74) is -4.20. The van der Waals surface area contributed by atoms with Gasteiger partial charge in [-0.05, 0) is 32.4 Å². The van der Waals surface area contributed by atoms with Gasteiger partial charge in [0.05, 0.1) is 12.2 Å². The molecule has 2 aliphatic rings. The molecule has 150 valence electrons. The zero-order valence-corrected chi connectivity index (χ0v) is 15.8. The lowest BCUT2D eigenvalue weighted by atomic mass is 9.63. The Balaban J connectivity index is 2.50. The van der Waals surface area contributed by atoms with Gasteiger partial charge in [0.2, 0.25) is 0 Å². The molecule has 5 nitrogen and oxygen atoms in total. The predicted octanol–water partition coefficient (Wildman–Crippen LogP) is 3.19. The van der Waals surface area contributed by atoms with Gasteiger partial charge in [-0.25, -0.2) is 4.79 Å². The third-order valence-electron chi connectivity index (χ3n) is 5.06. The number of hydrogen-bond acceptors (Lipinski definition) is 4. The highest BCUT2D eigenvalue weighted by Crippen LogP contribution is 2.51. The third-order valence-corrected chi connectivity index (χ3v) is 5.06. The summed E-state index contributed by atoms with van der Waals surface area (Å²) in [6, 6.07) is 0. The number of aliphatic carboxylic acids is 1. The molecule has 2 rings (SSSR count). The predicted molar refractivity (Wildman–Crippen MR) is 90.5 cm³/mol. The van der Waals surface area contributed by atoms with Gasteiger partial charge in [-0.1, -0.05) is 25.7 Å². The molecular weight excluding hydrogens is 365 g/mol. The molecule has 8 heteroatoms. The summed E-state index contributed by atoms with van der Waals surface area (Å²) in [6.45, 7) is 8.53. The molecule has 3 unspecified atom stereocenters. The molecular formula is C19H23F3O5. The van der Waals surface area contributed by atoms with Gasteiger partial charge in [0.15, 0.2) is 11.4 Å². The molecule has 0 aromatic heterocycles. The van der Waals surface area contributed by atoms with Crippen LogP contribution < -0.4 is 0 Å². The molecule has 3 atom stereocenters. The first-order valence-electron chi connectivity index (χ1n) is 8.45. The average molecular weight is 388 g/mol. The normalized spacial score (nSPS) is 36.2. The molecule has 1 fully saturated rings. The molecule has 2 N–H and O–H groups in total. The van der Waals surface area contributed by atoms with Crippen molar-refractivity contribution in [3.05, 3.63) is 23.3 Å². The summed E-state index contributed by atoms with van der Waals surface area (Å²) >= 11 is 0. The van der Waals surface area contributed by atoms with Crippen LogP contribution in [0.25, 0.3) is 0 Å². The van der Waals surface area contributed by atoms with E-state index in [1.165, 1.54) is 6.92 Å². The largest absolute Gasteiger partial charge is 0.478 e. The molecule has 0 bridgehead atoms. The van der Waals surface area contributed by atoms with E-state index in [0.717, 1.165) is 0 Å². The average Bonchev–Trinajstić information content (AvgIpc) is 2.73. The first-order valence-corrected chi connectivity index (χ1v) is 8.45. The number of aliphatic hydroxyl groups is 1. The molecule has 1 spiro atoms. The molecule has 0 radical (unpaired) electrons. The SMILES string of the molecule is CC1=CC2(CC(C)(C)C1(O)C#CC(=CC(=O)O)C(F)(F)F)OC(C)C(C)O2. The summed E-state index contributed by atoms with van der Waals surface area (Å²) in [5.74, 6) is 1.22. The van der Waals surface area contributed by atoms with Gasteiger partial charge in [0, 0.05) is 17.9 Å². The van der Waals surface area contributed by atoms with Gasteiger partial charge in [-0.15, -0.1) is 0 Å². The number of halogens is 3. The third kappa shape index (κ3) is 4.05. The highest BCUT2D eigenvalue weighted by molar-refractivity contribution is 5.82. The smallest absolute Gasteiger partial charge is 0.424 e.